The fourth-order valence-electron chi connectivity index (χ4n) is 0.708. The van der Waals surface area contributed by atoms with Crippen molar-refractivity contribution in [2.24, 2.45) is 0 Å². The van der Waals surface area contributed by atoms with E-state index in [2.05, 4.69) is 0 Å². The molecule has 0 saturated carbocycles. The van der Waals surface area contributed by atoms with Crippen molar-refractivity contribution in [1.29, 1.82) is 0 Å². The minimum Gasteiger partial charge on any atom is -0.452 e. The van der Waals surface area contributed by atoms with E-state index in [-0.39, 0.29) is 0 Å². The van der Waals surface area contributed by atoms with E-state index < -0.39 is 10.3 Å². The fourth-order valence-corrected chi connectivity index (χ4v) is 0.887. The molecule has 0 heterocycles. The maximum atomic E-state index is 10.9. The van der Waals surface area contributed by atoms with Gasteiger partial charge >= 0.3 is 4.52 Å². The third kappa shape index (κ3) is 2.90. The Hall–Kier alpha value is -0.730. The van der Waals surface area contributed by atoms with Crippen LogP contribution in [0.25, 0.3) is 0 Å². The summed E-state index contributed by atoms with van der Waals surface area (Å²) in [6.45, 7) is 1.27. The topological polar surface area (TPSA) is 26.3 Å². The zero-order valence-corrected chi connectivity index (χ0v) is 8.47. The van der Waals surface area contributed by atoms with E-state index in [0.717, 1.165) is 0 Å². The summed E-state index contributed by atoms with van der Waals surface area (Å²) >= 11 is 11.2. The molecule has 1 aromatic rings. The van der Waals surface area contributed by atoms with E-state index in [9.17, 15) is 4.79 Å². The van der Waals surface area contributed by atoms with E-state index in [1.54, 1.807) is 24.3 Å². The smallest absolute Gasteiger partial charge is 0.318 e. The van der Waals surface area contributed by atoms with Crippen molar-refractivity contribution in [2.45, 2.75) is 11.4 Å². The Labute approximate surface area is 86.4 Å². The van der Waals surface area contributed by atoms with Crippen molar-refractivity contribution in [2.75, 3.05) is 0 Å². The third-order valence-electron chi connectivity index (χ3n) is 1.40. The quantitative estimate of drug-likeness (QED) is 0.730. The number of rotatable bonds is 3. The highest BCUT2D eigenvalue weighted by Crippen LogP contribution is 2.26. The second kappa shape index (κ2) is 3.99. The molecule has 0 atom stereocenters. The number of hydrogen-bond donors (Lipinski definition) is 0. The average Bonchev–Trinajstić information content (AvgIpc) is 2.05. The first kappa shape index (κ1) is 10.4. The minimum absolute atomic E-state index is 0.445. The monoisotopic (exact) mass is 218 g/mol. The normalized spacial score (nSPS) is 11.0. The Balaban J connectivity index is 2.75. The van der Waals surface area contributed by atoms with Crippen LogP contribution in [0.3, 0.4) is 0 Å². The van der Waals surface area contributed by atoms with Gasteiger partial charge in [-0.3, -0.25) is 4.79 Å². The van der Waals surface area contributed by atoms with Gasteiger partial charge < -0.3 is 4.74 Å². The Morgan fingerprint density at radius 3 is 2.31 bits per heavy atom. The highest BCUT2D eigenvalue weighted by molar-refractivity contribution is 6.57. The molecule has 0 spiro atoms. The number of carbonyl (C=O) groups is 1. The third-order valence-corrected chi connectivity index (χ3v) is 2.09. The highest BCUT2D eigenvalue weighted by atomic mass is 35.5. The largest absolute Gasteiger partial charge is 0.452 e. The Bertz CT molecular complexity index is 296. The molecule has 13 heavy (non-hydrogen) atoms. The summed E-state index contributed by atoms with van der Waals surface area (Å²) in [6.07, 6.45) is 0. The van der Waals surface area contributed by atoms with Crippen LogP contribution in [0.4, 0.5) is 0 Å². The molecule has 0 N–H and O–H groups in total. The van der Waals surface area contributed by atoms with Crippen LogP contribution in [0.15, 0.2) is 30.3 Å². The summed E-state index contributed by atoms with van der Waals surface area (Å²) < 4.78 is 3.25. The molecular formula is C9H8Cl2O2. The minimum atomic E-state index is -1.79. The predicted octanol–water partition coefficient (Wildman–Crippen LogP) is 2.79. The van der Waals surface area contributed by atoms with Gasteiger partial charge in [0.25, 0.3) is 0 Å². The molecule has 1 rings (SSSR count). The van der Waals surface area contributed by atoms with Crippen LogP contribution >= 0.6 is 23.2 Å². The number of alkyl halides is 2. The summed E-state index contributed by atoms with van der Waals surface area (Å²) in [6, 6.07) is 8.69. The van der Waals surface area contributed by atoms with Crippen LogP contribution in [0, 0.1) is 0 Å². The summed E-state index contributed by atoms with van der Waals surface area (Å²) in [5, 5.41) is 0. The average molecular weight is 219 g/mol. The van der Waals surface area contributed by atoms with Gasteiger partial charge in [-0.1, -0.05) is 18.2 Å². The van der Waals surface area contributed by atoms with Gasteiger partial charge in [0.05, 0.1) is 0 Å². The van der Waals surface area contributed by atoms with Crippen LogP contribution < -0.4 is 4.74 Å². The van der Waals surface area contributed by atoms with Crippen molar-refractivity contribution in [1.82, 2.24) is 0 Å². The lowest BCUT2D eigenvalue weighted by molar-refractivity contribution is -0.122. The molecule has 70 valence electrons. The molecule has 4 heteroatoms. The Kier molecular flexibility index (Phi) is 3.17. The van der Waals surface area contributed by atoms with E-state index >= 15 is 0 Å². The maximum Gasteiger partial charge on any atom is 0.318 e. The molecule has 0 saturated heterocycles. The lowest BCUT2D eigenvalue weighted by Gasteiger charge is -2.17. The van der Waals surface area contributed by atoms with Crippen molar-refractivity contribution >= 4 is 29.0 Å². The van der Waals surface area contributed by atoms with Gasteiger partial charge in [-0.05, 0) is 35.3 Å². The van der Waals surface area contributed by atoms with E-state index in [1.807, 2.05) is 6.07 Å². The fraction of sp³-hybridized carbons (Fsp3) is 0.222. The number of hydrogen-bond acceptors (Lipinski definition) is 2. The number of halogens is 2. The van der Waals surface area contributed by atoms with Crippen LogP contribution in [0.1, 0.15) is 6.92 Å². The zero-order chi connectivity index (χ0) is 9.90. The van der Waals surface area contributed by atoms with Gasteiger partial charge in [-0.15, -0.1) is 0 Å². The highest BCUT2D eigenvalue weighted by Gasteiger charge is 2.32. The van der Waals surface area contributed by atoms with Crippen molar-refractivity contribution in [3.63, 3.8) is 0 Å². The molecule has 0 unspecified atom stereocenters. The van der Waals surface area contributed by atoms with Crippen LogP contribution in [-0.2, 0) is 4.79 Å². The second-order valence-corrected chi connectivity index (χ2v) is 3.75. The molecule has 0 bridgehead atoms. The lowest BCUT2D eigenvalue weighted by Crippen LogP contribution is -2.30. The molecule has 0 aromatic heterocycles. The number of benzene rings is 1. The number of Topliss-reactive ketones (excluding diaryl/α,β-unsaturated/α-hetero) is 1. The first-order chi connectivity index (χ1) is 6.02. The first-order valence-corrected chi connectivity index (χ1v) is 4.41. The Morgan fingerprint density at radius 1 is 1.31 bits per heavy atom. The zero-order valence-electron chi connectivity index (χ0n) is 6.96. The Morgan fingerprint density at radius 2 is 1.85 bits per heavy atom. The second-order valence-electron chi connectivity index (χ2n) is 2.49. The maximum absolute atomic E-state index is 10.9. The van der Waals surface area contributed by atoms with Crippen molar-refractivity contribution in [3.05, 3.63) is 30.3 Å². The van der Waals surface area contributed by atoms with Gasteiger partial charge in [0.15, 0.2) is 0 Å². The summed E-state index contributed by atoms with van der Waals surface area (Å²) in [5.74, 6) is 0.0161. The molecular weight excluding hydrogens is 211 g/mol. The molecule has 1 aromatic carbocycles. The molecule has 0 aliphatic heterocycles. The molecule has 0 aliphatic carbocycles. The summed E-state index contributed by atoms with van der Waals surface area (Å²) in [4.78, 5) is 10.9. The standard InChI is InChI=1S/C9H8Cl2O2/c1-7(12)9(10,11)13-8-5-3-2-4-6-8/h2-6H,1H3. The summed E-state index contributed by atoms with van der Waals surface area (Å²) in [5.41, 5.74) is 0. The molecule has 0 fully saturated rings. The number of para-hydroxylation sites is 1. The van der Waals surface area contributed by atoms with Gasteiger partial charge in [0, 0.05) is 6.92 Å². The lowest BCUT2D eigenvalue weighted by atomic mass is 10.3. The van der Waals surface area contributed by atoms with Gasteiger partial charge in [-0.25, -0.2) is 0 Å². The predicted molar refractivity (Wildman–Crippen MR) is 52.2 cm³/mol. The SMILES string of the molecule is CC(=O)C(Cl)(Cl)Oc1ccccc1. The van der Waals surface area contributed by atoms with Crippen LogP contribution in [-0.4, -0.2) is 10.3 Å². The van der Waals surface area contributed by atoms with Gasteiger partial charge in [0.2, 0.25) is 5.78 Å². The molecule has 2 nitrogen and oxygen atoms in total. The van der Waals surface area contributed by atoms with Crippen molar-refractivity contribution < 1.29 is 9.53 Å². The number of ether oxygens (including phenoxy) is 1. The van der Waals surface area contributed by atoms with Gasteiger partial charge in [-0.2, -0.15) is 0 Å². The first-order valence-electron chi connectivity index (χ1n) is 3.65. The van der Waals surface area contributed by atoms with E-state index in [4.69, 9.17) is 27.9 Å². The summed E-state index contributed by atoms with van der Waals surface area (Å²) in [7, 11) is 0. The number of ketones is 1. The van der Waals surface area contributed by atoms with E-state index in [0.29, 0.717) is 5.75 Å². The van der Waals surface area contributed by atoms with Crippen LogP contribution in [0.5, 0.6) is 5.75 Å². The number of carbonyl (C=O) groups excluding carboxylic acids is 1. The molecule has 0 amide bonds. The van der Waals surface area contributed by atoms with Crippen LogP contribution in [0.2, 0.25) is 0 Å². The van der Waals surface area contributed by atoms with Gasteiger partial charge in [0.1, 0.15) is 5.75 Å². The van der Waals surface area contributed by atoms with E-state index in [1.165, 1.54) is 6.92 Å². The molecule has 0 radical (unpaired) electrons. The molecule has 0 aliphatic rings. The van der Waals surface area contributed by atoms with Crippen molar-refractivity contribution in [3.8, 4) is 5.75 Å².